The van der Waals surface area contributed by atoms with Crippen molar-refractivity contribution in [1.82, 2.24) is 4.98 Å². The predicted molar refractivity (Wildman–Crippen MR) is 109 cm³/mol. The number of methoxy groups -OCH3 is 2. The molecule has 0 aliphatic carbocycles. The molecule has 0 radical (unpaired) electrons. The summed E-state index contributed by atoms with van der Waals surface area (Å²) in [5.74, 6) is -0.150. The predicted octanol–water partition coefficient (Wildman–Crippen LogP) is 3.46. The van der Waals surface area contributed by atoms with Crippen LogP contribution >= 0.6 is 0 Å². The summed E-state index contributed by atoms with van der Waals surface area (Å²) in [6, 6.07) is 7.92. The third-order valence-corrected chi connectivity index (χ3v) is 6.34. The van der Waals surface area contributed by atoms with Crippen molar-refractivity contribution in [3.05, 3.63) is 68.8 Å². The van der Waals surface area contributed by atoms with Gasteiger partial charge in [-0.3, -0.25) is 4.79 Å². The number of nitrogens with one attached hydrogen (secondary N) is 1. The zero-order valence-electron chi connectivity index (χ0n) is 16.9. The number of aryl methyl sites for hydroxylation is 1. The highest BCUT2D eigenvalue weighted by Crippen LogP contribution is 2.55. The van der Waals surface area contributed by atoms with Gasteiger partial charge in [0.1, 0.15) is 17.2 Å². The Kier molecular flexibility index (Phi) is 4.17. The molecule has 3 aromatic rings. The van der Waals surface area contributed by atoms with E-state index in [-0.39, 0.29) is 28.6 Å². The average Bonchev–Trinajstić information content (AvgIpc) is 3.19. The van der Waals surface area contributed by atoms with E-state index in [1.165, 1.54) is 26.4 Å². The van der Waals surface area contributed by atoms with E-state index in [1.807, 2.05) is 0 Å². The van der Waals surface area contributed by atoms with E-state index in [4.69, 9.17) is 14.2 Å². The molecule has 6 nitrogen and oxygen atoms in total. The van der Waals surface area contributed by atoms with Crippen molar-refractivity contribution in [2.75, 3.05) is 14.2 Å². The fourth-order valence-corrected chi connectivity index (χ4v) is 5.09. The summed E-state index contributed by atoms with van der Waals surface area (Å²) < 4.78 is 31.9. The smallest absolute Gasteiger partial charge is 0.231 e. The van der Waals surface area contributed by atoms with Crippen molar-refractivity contribution in [2.45, 2.75) is 37.6 Å². The lowest BCUT2D eigenvalue weighted by molar-refractivity contribution is -0.104. The van der Waals surface area contributed by atoms with Gasteiger partial charge < -0.3 is 24.3 Å². The minimum atomic E-state index is -1.79. The van der Waals surface area contributed by atoms with Gasteiger partial charge in [0.15, 0.2) is 5.75 Å². The number of hydrogen-bond acceptors (Lipinski definition) is 5. The number of ether oxygens (including phenoxy) is 3. The fourth-order valence-electron chi connectivity index (χ4n) is 5.09. The molecule has 1 fully saturated rings. The number of aromatic nitrogens is 1. The van der Waals surface area contributed by atoms with E-state index in [0.29, 0.717) is 40.6 Å². The first-order valence-electron chi connectivity index (χ1n) is 9.86. The van der Waals surface area contributed by atoms with Gasteiger partial charge in [-0.05, 0) is 43.5 Å². The van der Waals surface area contributed by atoms with Crippen LogP contribution in [0.2, 0.25) is 0 Å². The van der Waals surface area contributed by atoms with Crippen LogP contribution in [0.4, 0.5) is 4.39 Å². The quantitative estimate of drug-likeness (QED) is 0.690. The number of halogens is 1. The summed E-state index contributed by atoms with van der Waals surface area (Å²) in [6.45, 7) is 1.77. The molecule has 0 spiro atoms. The molecular weight excluding hydrogens is 389 g/mol. The molecule has 3 atom stereocenters. The van der Waals surface area contributed by atoms with Crippen LogP contribution in [-0.2, 0) is 10.3 Å². The van der Waals surface area contributed by atoms with Gasteiger partial charge in [0.25, 0.3) is 0 Å². The van der Waals surface area contributed by atoms with Gasteiger partial charge >= 0.3 is 0 Å². The molecule has 0 unspecified atom stereocenters. The van der Waals surface area contributed by atoms with E-state index in [0.717, 1.165) is 0 Å². The third-order valence-electron chi connectivity index (χ3n) is 6.34. The maximum Gasteiger partial charge on any atom is 0.231 e. The minimum Gasteiger partial charge on any atom is -0.496 e. The van der Waals surface area contributed by atoms with Gasteiger partial charge in [-0.25, -0.2) is 4.39 Å². The summed E-state index contributed by atoms with van der Waals surface area (Å²) in [5, 5.41) is 12.4. The molecule has 156 valence electrons. The molecule has 1 aromatic heterocycles. The van der Waals surface area contributed by atoms with E-state index >= 15 is 4.39 Å². The fraction of sp³-hybridized carbons (Fsp3) is 0.348. The monoisotopic (exact) mass is 411 g/mol. The van der Waals surface area contributed by atoms with E-state index in [2.05, 4.69) is 4.98 Å². The van der Waals surface area contributed by atoms with Crippen LogP contribution in [0, 0.1) is 12.7 Å². The normalized spacial score (nSPS) is 24.7. The summed E-state index contributed by atoms with van der Waals surface area (Å²) in [7, 11) is 2.88. The zero-order valence-corrected chi connectivity index (χ0v) is 16.9. The average molecular weight is 411 g/mol. The molecule has 2 bridgehead atoms. The van der Waals surface area contributed by atoms with Gasteiger partial charge in [-0.15, -0.1) is 0 Å². The molecular formula is C23H22FNO5. The standard InChI is InChI=1S/C23H22FNO5/c1-11-22(29-3)21(26)19-14(25-11)8-7-12-18(19)15-9-10-17(30-15)23(12,27)20-13(24)5-4-6-16(20)28-2/h4-8,15,17,27H,9-10H2,1-3H3,(H,25,26)/t15-,17+,23+/m0/s1. The first-order chi connectivity index (χ1) is 14.4. The molecule has 1 saturated heterocycles. The highest BCUT2D eigenvalue weighted by atomic mass is 19.1. The van der Waals surface area contributed by atoms with E-state index < -0.39 is 17.5 Å². The van der Waals surface area contributed by atoms with E-state index in [9.17, 15) is 9.90 Å². The largest absolute Gasteiger partial charge is 0.496 e. The summed E-state index contributed by atoms with van der Waals surface area (Å²) in [6.07, 6.45) is 0.131. The summed E-state index contributed by atoms with van der Waals surface area (Å²) in [4.78, 5) is 16.5. The van der Waals surface area contributed by atoms with Crippen molar-refractivity contribution in [1.29, 1.82) is 0 Å². The Balaban J connectivity index is 1.91. The molecule has 30 heavy (non-hydrogen) atoms. The van der Waals surface area contributed by atoms with Crippen molar-refractivity contribution >= 4 is 10.9 Å². The Bertz CT molecular complexity index is 1240. The number of fused-ring (bicyclic) bond motifs is 6. The highest BCUT2D eigenvalue weighted by molar-refractivity contribution is 5.86. The van der Waals surface area contributed by atoms with Gasteiger partial charge in [-0.1, -0.05) is 12.1 Å². The Labute approximate surface area is 172 Å². The molecule has 2 aliphatic rings. The lowest BCUT2D eigenvalue weighted by Crippen LogP contribution is -2.45. The maximum absolute atomic E-state index is 15.1. The van der Waals surface area contributed by atoms with Crippen LogP contribution in [0.1, 0.15) is 41.3 Å². The summed E-state index contributed by atoms with van der Waals surface area (Å²) in [5.41, 5.74) is 0.224. The molecule has 0 amide bonds. The van der Waals surface area contributed by atoms with Gasteiger partial charge in [0.2, 0.25) is 5.43 Å². The lowest BCUT2D eigenvalue weighted by atomic mass is 9.76. The second-order valence-electron chi connectivity index (χ2n) is 7.84. The summed E-state index contributed by atoms with van der Waals surface area (Å²) >= 11 is 0. The number of benzene rings is 2. The maximum atomic E-state index is 15.1. The Morgan fingerprint density at radius 2 is 2.00 bits per heavy atom. The van der Waals surface area contributed by atoms with Crippen LogP contribution in [0.25, 0.3) is 10.9 Å². The Morgan fingerprint density at radius 3 is 2.73 bits per heavy atom. The molecule has 0 saturated carbocycles. The van der Waals surface area contributed by atoms with Crippen LogP contribution < -0.4 is 14.9 Å². The Morgan fingerprint density at radius 1 is 1.20 bits per heavy atom. The van der Waals surface area contributed by atoms with Crippen molar-refractivity contribution in [2.24, 2.45) is 0 Å². The first kappa shape index (κ1) is 19.1. The van der Waals surface area contributed by atoms with Gasteiger partial charge in [0.05, 0.1) is 48.6 Å². The molecule has 5 rings (SSSR count). The molecule has 2 N–H and O–H groups in total. The van der Waals surface area contributed by atoms with Crippen LogP contribution in [0.15, 0.2) is 35.1 Å². The highest BCUT2D eigenvalue weighted by Gasteiger charge is 2.54. The number of H-pyrrole nitrogens is 1. The van der Waals surface area contributed by atoms with Gasteiger partial charge in [-0.2, -0.15) is 0 Å². The van der Waals surface area contributed by atoms with Crippen molar-refractivity contribution in [3.63, 3.8) is 0 Å². The number of aromatic amines is 1. The van der Waals surface area contributed by atoms with E-state index in [1.54, 1.807) is 25.1 Å². The topological polar surface area (TPSA) is 80.8 Å². The molecule has 2 aliphatic heterocycles. The van der Waals surface area contributed by atoms with Crippen LogP contribution in [-0.4, -0.2) is 30.4 Å². The van der Waals surface area contributed by atoms with Crippen LogP contribution in [0.5, 0.6) is 11.5 Å². The number of pyridine rings is 1. The SMILES string of the molecule is COc1cccc(F)c1[C@@]1(O)c2ccc3[nH]c(C)c(OC)c(=O)c3c2[C@@H]2CC[C@H]1O2. The van der Waals surface area contributed by atoms with Crippen molar-refractivity contribution < 1.29 is 23.7 Å². The number of aliphatic hydroxyl groups is 1. The lowest BCUT2D eigenvalue weighted by Gasteiger charge is -2.41. The molecule has 7 heteroatoms. The minimum absolute atomic E-state index is 0.0222. The molecule has 2 aromatic carbocycles. The number of rotatable bonds is 3. The van der Waals surface area contributed by atoms with Crippen molar-refractivity contribution in [3.8, 4) is 11.5 Å². The second kappa shape index (κ2) is 6.55. The second-order valence-corrected chi connectivity index (χ2v) is 7.84. The third kappa shape index (κ3) is 2.33. The van der Waals surface area contributed by atoms with Crippen LogP contribution in [0.3, 0.4) is 0 Å². The first-order valence-corrected chi connectivity index (χ1v) is 9.86. The van der Waals surface area contributed by atoms with Gasteiger partial charge in [0, 0.05) is 5.56 Å². The number of hydrogen-bond donors (Lipinski definition) is 2. The zero-order chi connectivity index (χ0) is 21.2. The Hall–Kier alpha value is -2.90. The molecule has 3 heterocycles.